The van der Waals surface area contributed by atoms with Crippen molar-refractivity contribution < 1.29 is 0 Å². The van der Waals surface area contributed by atoms with Gasteiger partial charge < -0.3 is 0 Å². The molecule has 0 aliphatic carbocycles. The largest absolute Gasteiger partial charge is 0.297 e. The molecule has 0 radical (unpaired) electrons. The average molecular weight is 241 g/mol. The third-order valence-electron chi connectivity index (χ3n) is 3.76. The zero-order valence-corrected chi connectivity index (χ0v) is 13.0. The fourth-order valence-electron chi connectivity index (χ4n) is 3.00. The van der Waals surface area contributed by atoms with E-state index in [1.807, 2.05) is 0 Å². The first kappa shape index (κ1) is 17.0. The van der Waals surface area contributed by atoms with E-state index < -0.39 is 0 Å². The Kier molecular flexibility index (Phi) is 11.0. The molecule has 0 heterocycles. The monoisotopic (exact) mass is 241 g/mol. The molecule has 0 aromatic heterocycles. The molecule has 0 bridgehead atoms. The van der Waals surface area contributed by atoms with Crippen molar-refractivity contribution in [1.82, 2.24) is 4.90 Å². The van der Waals surface area contributed by atoms with Crippen LogP contribution in [-0.2, 0) is 0 Å². The third-order valence-corrected chi connectivity index (χ3v) is 3.76. The van der Waals surface area contributed by atoms with Crippen LogP contribution in [0.15, 0.2) is 0 Å². The molecule has 0 aromatic rings. The maximum atomic E-state index is 2.83. The van der Waals surface area contributed by atoms with Crippen LogP contribution in [0.5, 0.6) is 0 Å². The van der Waals surface area contributed by atoms with E-state index in [1.165, 1.54) is 57.9 Å². The van der Waals surface area contributed by atoms with Gasteiger partial charge in [-0.05, 0) is 38.6 Å². The summed E-state index contributed by atoms with van der Waals surface area (Å²) in [6.07, 6.45) is 10.7. The zero-order valence-electron chi connectivity index (χ0n) is 13.0. The van der Waals surface area contributed by atoms with Gasteiger partial charge in [-0.2, -0.15) is 0 Å². The highest BCUT2D eigenvalue weighted by Gasteiger charge is 2.22. The molecule has 0 amide bonds. The van der Waals surface area contributed by atoms with Crippen molar-refractivity contribution in [2.24, 2.45) is 0 Å². The van der Waals surface area contributed by atoms with Gasteiger partial charge in [0, 0.05) is 12.1 Å². The minimum absolute atomic E-state index is 0.822. The number of nitrogens with zero attached hydrogens (tertiary/aromatic N) is 1. The van der Waals surface area contributed by atoms with E-state index in [0.717, 1.165) is 12.1 Å². The van der Waals surface area contributed by atoms with Gasteiger partial charge in [-0.25, -0.2) is 0 Å². The normalized spacial score (nSPS) is 13.6. The quantitative estimate of drug-likeness (QED) is 0.478. The fourth-order valence-corrected chi connectivity index (χ4v) is 3.00. The molecule has 1 nitrogen and oxygen atoms in total. The molecule has 104 valence electrons. The van der Waals surface area contributed by atoms with Gasteiger partial charge in [0.25, 0.3) is 0 Å². The highest BCUT2D eigenvalue weighted by molar-refractivity contribution is 4.78. The smallest absolute Gasteiger partial charge is 0.00979 e. The van der Waals surface area contributed by atoms with Gasteiger partial charge in [-0.15, -0.1) is 0 Å². The lowest BCUT2D eigenvalue weighted by atomic mass is 9.99. The molecule has 0 saturated heterocycles. The van der Waals surface area contributed by atoms with Crippen LogP contribution in [0.3, 0.4) is 0 Å². The molecule has 1 heteroatoms. The number of hydrogen-bond acceptors (Lipinski definition) is 1. The van der Waals surface area contributed by atoms with Gasteiger partial charge in [0.2, 0.25) is 0 Å². The Morgan fingerprint density at radius 1 is 0.647 bits per heavy atom. The van der Waals surface area contributed by atoms with Gasteiger partial charge >= 0.3 is 0 Å². The predicted octanol–water partition coefficient (Wildman–Crippen LogP) is 5.25. The van der Waals surface area contributed by atoms with Crippen LogP contribution in [0.2, 0.25) is 0 Å². The summed E-state index contributed by atoms with van der Waals surface area (Å²) in [6.45, 7) is 12.9. The Morgan fingerprint density at radius 2 is 1.12 bits per heavy atom. The molecule has 0 spiro atoms. The fraction of sp³-hybridized carbons (Fsp3) is 1.00. The van der Waals surface area contributed by atoms with Crippen molar-refractivity contribution in [2.75, 3.05) is 6.54 Å². The Hall–Kier alpha value is -0.0400. The zero-order chi connectivity index (χ0) is 13.1. The van der Waals surface area contributed by atoms with Crippen LogP contribution in [0.4, 0.5) is 0 Å². The molecule has 1 unspecified atom stereocenters. The van der Waals surface area contributed by atoms with E-state index in [4.69, 9.17) is 0 Å². The van der Waals surface area contributed by atoms with Crippen molar-refractivity contribution in [3.63, 3.8) is 0 Å². The van der Waals surface area contributed by atoms with Gasteiger partial charge in [-0.1, -0.05) is 53.9 Å². The van der Waals surface area contributed by atoms with Crippen LogP contribution in [-0.4, -0.2) is 23.5 Å². The molecule has 0 aromatic carbocycles. The topological polar surface area (TPSA) is 3.24 Å². The molecule has 0 saturated carbocycles. The molecule has 1 atom stereocenters. The van der Waals surface area contributed by atoms with E-state index in [2.05, 4.69) is 39.5 Å². The Balaban J connectivity index is 4.60. The minimum Gasteiger partial charge on any atom is -0.297 e. The van der Waals surface area contributed by atoms with Gasteiger partial charge in [0.1, 0.15) is 0 Å². The average Bonchev–Trinajstić information content (AvgIpc) is 2.33. The van der Waals surface area contributed by atoms with Crippen LogP contribution >= 0.6 is 0 Å². The summed E-state index contributed by atoms with van der Waals surface area (Å²) in [4.78, 5) is 2.83. The summed E-state index contributed by atoms with van der Waals surface area (Å²) in [5.41, 5.74) is 0. The molecule has 0 N–H and O–H groups in total. The predicted molar refractivity (Wildman–Crippen MR) is 79.6 cm³/mol. The summed E-state index contributed by atoms with van der Waals surface area (Å²) in [6, 6.07) is 1.66. The van der Waals surface area contributed by atoms with Crippen LogP contribution < -0.4 is 0 Å². The second-order valence-corrected chi connectivity index (χ2v) is 5.32. The van der Waals surface area contributed by atoms with E-state index in [0.29, 0.717) is 0 Å². The second-order valence-electron chi connectivity index (χ2n) is 5.32. The summed E-state index contributed by atoms with van der Waals surface area (Å²) < 4.78 is 0. The Bertz CT molecular complexity index is 150. The highest BCUT2D eigenvalue weighted by atomic mass is 15.2. The van der Waals surface area contributed by atoms with Crippen molar-refractivity contribution in [3.8, 4) is 0 Å². The van der Waals surface area contributed by atoms with Gasteiger partial charge in [-0.3, -0.25) is 4.90 Å². The molecular weight excluding hydrogens is 206 g/mol. The first-order valence-corrected chi connectivity index (χ1v) is 8.00. The van der Waals surface area contributed by atoms with Crippen molar-refractivity contribution in [1.29, 1.82) is 0 Å². The summed E-state index contributed by atoms with van der Waals surface area (Å²) in [5, 5.41) is 0. The van der Waals surface area contributed by atoms with E-state index in [1.54, 1.807) is 0 Å². The Labute approximate surface area is 110 Å². The van der Waals surface area contributed by atoms with Crippen molar-refractivity contribution >= 4 is 0 Å². The van der Waals surface area contributed by atoms with E-state index in [-0.39, 0.29) is 0 Å². The molecule has 0 fully saturated rings. The molecule has 0 aliphatic rings. The van der Waals surface area contributed by atoms with Crippen LogP contribution in [0.1, 0.15) is 86.0 Å². The van der Waals surface area contributed by atoms with Crippen molar-refractivity contribution in [3.05, 3.63) is 0 Å². The number of rotatable bonds is 11. The standard InChI is InChI=1S/C16H35N/c1-6-11-15(10-5)17(14-9-4)16(12-7-2)13-8-3/h15-16H,6-14H2,1-5H3. The number of hydrogen-bond donors (Lipinski definition) is 0. The summed E-state index contributed by atoms with van der Waals surface area (Å²) in [5.74, 6) is 0. The van der Waals surface area contributed by atoms with E-state index in [9.17, 15) is 0 Å². The SMILES string of the molecule is CCCC(CC)N(CCC)C(CCC)CCC. The summed E-state index contributed by atoms with van der Waals surface area (Å²) >= 11 is 0. The summed E-state index contributed by atoms with van der Waals surface area (Å²) in [7, 11) is 0. The molecule has 0 rings (SSSR count). The Morgan fingerprint density at radius 3 is 1.47 bits per heavy atom. The second kappa shape index (κ2) is 11.1. The molecule has 0 aliphatic heterocycles. The molecule has 17 heavy (non-hydrogen) atoms. The first-order valence-electron chi connectivity index (χ1n) is 8.00. The lowest BCUT2D eigenvalue weighted by Gasteiger charge is -2.38. The van der Waals surface area contributed by atoms with Gasteiger partial charge in [0.05, 0.1) is 0 Å². The van der Waals surface area contributed by atoms with Crippen LogP contribution in [0.25, 0.3) is 0 Å². The highest BCUT2D eigenvalue weighted by Crippen LogP contribution is 2.21. The first-order chi connectivity index (χ1) is 8.24. The maximum absolute atomic E-state index is 2.83. The maximum Gasteiger partial charge on any atom is 0.00979 e. The van der Waals surface area contributed by atoms with E-state index >= 15 is 0 Å². The third kappa shape index (κ3) is 6.45. The van der Waals surface area contributed by atoms with Crippen molar-refractivity contribution in [2.45, 2.75) is 98.1 Å². The lowest BCUT2D eigenvalue weighted by Crippen LogP contribution is -2.43. The lowest BCUT2D eigenvalue weighted by molar-refractivity contribution is 0.107. The van der Waals surface area contributed by atoms with Crippen LogP contribution in [0, 0.1) is 0 Å². The minimum atomic E-state index is 0.822. The molecular formula is C16H35N. The van der Waals surface area contributed by atoms with Gasteiger partial charge in [0.15, 0.2) is 0 Å².